The Balaban J connectivity index is 2.25. The summed E-state index contributed by atoms with van der Waals surface area (Å²) in [4.78, 5) is 4.69. The van der Waals surface area contributed by atoms with E-state index in [9.17, 15) is 0 Å². The minimum Gasteiger partial charge on any atom is -0.495 e. The van der Waals surface area contributed by atoms with Gasteiger partial charge in [0, 0.05) is 17.9 Å². The van der Waals surface area contributed by atoms with Gasteiger partial charge in [0.2, 0.25) is 0 Å². The minimum atomic E-state index is 0.402. The first kappa shape index (κ1) is 15.3. The summed E-state index contributed by atoms with van der Waals surface area (Å²) in [5.41, 5.74) is 0.816. The van der Waals surface area contributed by atoms with Crippen LogP contribution < -0.4 is 14.8 Å². The molecule has 1 aliphatic rings. The number of aliphatic imine (C=N–C) groups is 1. The summed E-state index contributed by atoms with van der Waals surface area (Å²) in [7, 11) is 3.21. The second-order valence-corrected chi connectivity index (χ2v) is 5.94. The molecule has 1 aliphatic heterocycles. The van der Waals surface area contributed by atoms with Crippen molar-refractivity contribution in [2.24, 2.45) is 4.99 Å². The largest absolute Gasteiger partial charge is 0.495 e. The van der Waals surface area contributed by atoms with E-state index in [0.717, 1.165) is 29.4 Å². The van der Waals surface area contributed by atoms with Crippen LogP contribution in [0.5, 0.6) is 11.5 Å². The van der Waals surface area contributed by atoms with Crippen molar-refractivity contribution in [3.63, 3.8) is 0 Å². The highest BCUT2D eigenvalue weighted by Crippen LogP contribution is 2.36. The van der Waals surface area contributed by atoms with Crippen LogP contribution in [-0.4, -0.2) is 31.2 Å². The van der Waals surface area contributed by atoms with E-state index in [1.807, 2.05) is 6.07 Å². The summed E-state index contributed by atoms with van der Waals surface area (Å²) in [6, 6.07) is 3.98. The Kier molecular flexibility index (Phi) is 5.43. The van der Waals surface area contributed by atoms with Crippen LogP contribution in [0.1, 0.15) is 19.8 Å². The number of rotatable bonds is 4. The van der Waals surface area contributed by atoms with E-state index < -0.39 is 0 Å². The van der Waals surface area contributed by atoms with E-state index in [0.29, 0.717) is 22.6 Å². The Morgan fingerprint density at radius 1 is 1.35 bits per heavy atom. The van der Waals surface area contributed by atoms with Crippen LogP contribution in [0.2, 0.25) is 5.02 Å². The molecule has 0 amide bonds. The van der Waals surface area contributed by atoms with Gasteiger partial charge in [-0.25, -0.2) is 0 Å². The lowest BCUT2D eigenvalue weighted by Gasteiger charge is -2.21. The number of thioether (sulfide) groups is 1. The van der Waals surface area contributed by atoms with Crippen molar-refractivity contribution in [3.8, 4) is 11.5 Å². The maximum absolute atomic E-state index is 6.10. The normalized spacial score (nSPS) is 18.4. The van der Waals surface area contributed by atoms with Gasteiger partial charge in [-0.15, -0.1) is 0 Å². The first-order valence-corrected chi connectivity index (χ1v) is 7.93. The fourth-order valence-electron chi connectivity index (χ4n) is 2.00. The number of nitrogens with zero attached hydrogens (tertiary/aromatic N) is 1. The molecule has 1 unspecified atom stereocenters. The van der Waals surface area contributed by atoms with Crippen LogP contribution in [0.3, 0.4) is 0 Å². The van der Waals surface area contributed by atoms with E-state index in [1.165, 1.54) is 0 Å². The molecule has 0 saturated heterocycles. The molecule has 0 aromatic heterocycles. The van der Waals surface area contributed by atoms with Crippen LogP contribution in [0.4, 0.5) is 5.69 Å². The lowest BCUT2D eigenvalue weighted by molar-refractivity contribution is 0.405. The zero-order valence-electron chi connectivity index (χ0n) is 11.9. The Morgan fingerprint density at radius 3 is 2.75 bits per heavy atom. The van der Waals surface area contributed by atoms with Crippen molar-refractivity contribution in [3.05, 3.63) is 17.2 Å². The molecule has 1 heterocycles. The first-order chi connectivity index (χ1) is 9.67. The summed E-state index contributed by atoms with van der Waals surface area (Å²) in [5.74, 6) is 2.37. The second-order valence-electron chi connectivity index (χ2n) is 4.45. The van der Waals surface area contributed by atoms with Crippen LogP contribution in [-0.2, 0) is 0 Å². The summed E-state index contributed by atoms with van der Waals surface area (Å²) in [5, 5.41) is 4.77. The summed E-state index contributed by atoms with van der Waals surface area (Å²) in [6.07, 6.45) is 2.19. The first-order valence-electron chi connectivity index (χ1n) is 6.57. The molecule has 1 aromatic carbocycles. The van der Waals surface area contributed by atoms with E-state index in [4.69, 9.17) is 21.1 Å². The number of benzene rings is 1. The zero-order chi connectivity index (χ0) is 14.5. The molecule has 0 fully saturated rings. The van der Waals surface area contributed by atoms with Gasteiger partial charge in [0.25, 0.3) is 0 Å². The van der Waals surface area contributed by atoms with Gasteiger partial charge in [-0.1, -0.05) is 30.3 Å². The van der Waals surface area contributed by atoms with Gasteiger partial charge in [0.05, 0.1) is 31.0 Å². The molecule has 2 rings (SSSR count). The molecular weight excluding hydrogens is 296 g/mol. The van der Waals surface area contributed by atoms with Crippen LogP contribution in [0, 0.1) is 0 Å². The fourth-order valence-corrected chi connectivity index (χ4v) is 3.22. The Bertz CT molecular complexity index is 508. The molecule has 1 N–H and O–H groups in total. The van der Waals surface area contributed by atoms with Gasteiger partial charge in [0.1, 0.15) is 11.5 Å². The third-order valence-corrected chi connectivity index (χ3v) is 4.39. The quantitative estimate of drug-likeness (QED) is 0.910. The highest BCUT2D eigenvalue weighted by Gasteiger charge is 2.16. The van der Waals surface area contributed by atoms with E-state index in [-0.39, 0.29) is 0 Å². The Labute approximate surface area is 128 Å². The van der Waals surface area contributed by atoms with Crippen molar-refractivity contribution in [1.29, 1.82) is 0 Å². The van der Waals surface area contributed by atoms with E-state index in [1.54, 1.807) is 32.0 Å². The van der Waals surface area contributed by atoms with Crippen molar-refractivity contribution < 1.29 is 9.47 Å². The smallest absolute Gasteiger partial charge is 0.161 e. The number of ether oxygens (including phenoxy) is 2. The number of methoxy groups -OCH3 is 2. The lowest BCUT2D eigenvalue weighted by atomic mass is 10.2. The van der Waals surface area contributed by atoms with Gasteiger partial charge in [-0.2, -0.15) is 0 Å². The Hall–Kier alpha value is -1.07. The molecule has 0 radical (unpaired) electrons. The summed E-state index contributed by atoms with van der Waals surface area (Å²) >= 11 is 7.82. The van der Waals surface area contributed by atoms with Crippen molar-refractivity contribution in [2.75, 3.05) is 25.3 Å². The number of amidine groups is 1. The van der Waals surface area contributed by atoms with E-state index >= 15 is 0 Å². The fraction of sp³-hybridized carbons (Fsp3) is 0.500. The number of anilines is 1. The van der Waals surface area contributed by atoms with Gasteiger partial charge >= 0.3 is 0 Å². The molecule has 20 heavy (non-hydrogen) atoms. The molecule has 0 spiro atoms. The standard InChI is InChI=1S/C14H19ClN2O2S/c1-4-9-5-6-20-14(16-9)17-11-8-12(18-2)10(15)7-13(11)19-3/h7-9H,4-6H2,1-3H3,(H,16,17). The number of hydrogen-bond donors (Lipinski definition) is 1. The van der Waals surface area contributed by atoms with Gasteiger partial charge in [0.15, 0.2) is 5.17 Å². The SMILES string of the molecule is CCC1CCSC(Nc2cc(OC)c(Cl)cc2OC)=N1. The number of hydrogen-bond acceptors (Lipinski definition) is 5. The number of nitrogens with one attached hydrogen (secondary N) is 1. The van der Waals surface area contributed by atoms with Crippen molar-refractivity contribution in [1.82, 2.24) is 0 Å². The molecule has 0 aliphatic carbocycles. The van der Waals surface area contributed by atoms with Crippen molar-refractivity contribution >= 4 is 34.2 Å². The molecule has 0 bridgehead atoms. The molecule has 6 heteroatoms. The Morgan fingerprint density at radius 2 is 2.10 bits per heavy atom. The molecule has 1 atom stereocenters. The highest BCUT2D eigenvalue weighted by atomic mass is 35.5. The maximum Gasteiger partial charge on any atom is 0.161 e. The number of halogens is 1. The lowest BCUT2D eigenvalue weighted by Crippen LogP contribution is -2.19. The minimum absolute atomic E-state index is 0.402. The zero-order valence-corrected chi connectivity index (χ0v) is 13.5. The molecular formula is C14H19ClN2O2S. The third kappa shape index (κ3) is 3.52. The molecule has 0 saturated carbocycles. The average Bonchev–Trinajstić information content (AvgIpc) is 2.48. The maximum atomic E-state index is 6.10. The summed E-state index contributed by atoms with van der Waals surface area (Å²) < 4.78 is 10.6. The summed E-state index contributed by atoms with van der Waals surface area (Å²) in [6.45, 7) is 2.16. The predicted molar refractivity (Wildman–Crippen MR) is 86.8 cm³/mol. The third-order valence-electron chi connectivity index (χ3n) is 3.18. The van der Waals surface area contributed by atoms with Gasteiger partial charge in [-0.3, -0.25) is 4.99 Å². The van der Waals surface area contributed by atoms with Crippen LogP contribution in [0.15, 0.2) is 17.1 Å². The molecule has 110 valence electrons. The highest BCUT2D eigenvalue weighted by molar-refractivity contribution is 8.14. The topological polar surface area (TPSA) is 42.8 Å². The van der Waals surface area contributed by atoms with Crippen LogP contribution in [0.25, 0.3) is 0 Å². The van der Waals surface area contributed by atoms with E-state index in [2.05, 4.69) is 17.2 Å². The molecule has 1 aromatic rings. The molecule has 4 nitrogen and oxygen atoms in total. The predicted octanol–water partition coefficient (Wildman–Crippen LogP) is 4.04. The van der Waals surface area contributed by atoms with Crippen molar-refractivity contribution in [2.45, 2.75) is 25.8 Å². The monoisotopic (exact) mass is 314 g/mol. The van der Waals surface area contributed by atoms with Crippen LogP contribution >= 0.6 is 23.4 Å². The van der Waals surface area contributed by atoms with Gasteiger partial charge in [-0.05, 0) is 12.8 Å². The van der Waals surface area contributed by atoms with Gasteiger partial charge < -0.3 is 14.8 Å². The average molecular weight is 315 g/mol. The second kappa shape index (κ2) is 7.09.